The molecule has 0 aliphatic carbocycles. The number of fused-ring (bicyclic) bond motifs is 1. The third-order valence-corrected chi connectivity index (χ3v) is 6.44. The lowest BCUT2D eigenvalue weighted by atomic mass is 9.72. The molecule has 1 aromatic heterocycles. The van der Waals surface area contributed by atoms with E-state index >= 15 is 0 Å². The van der Waals surface area contributed by atoms with Gasteiger partial charge in [-0.25, -0.2) is 0 Å². The van der Waals surface area contributed by atoms with Crippen molar-refractivity contribution in [3.63, 3.8) is 0 Å². The van der Waals surface area contributed by atoms with Crippen LogP contribution >= 0.6 is 47.4 Å². The number of carbonyl (C=O) groups excluding carboxylic acids is 1. The molecule has 0 unspecified atom stereocenters. The number of aryl methyl sites for hydroxylation is 1. The number of nitrogens with one attached hydrogen (secondary N) is 1. The molecular weight excluding hydrogens is 435 g/mol. The van der Waals surface area contributed by atoms with Crippen molar-refractivity contribution < 1.29 is 4.79 Å². The van der Waals surface area contributed by atoms with Crippen LogP contribution in [0.1, 0.15) is 47.0 Å². The Hall–Kier alpha value is -0.550. The van der Waals surface area contributed by atoms with Crippen molar-refractivity contribution in [3.05, 3.63) is 33.4 Å². The van der Waals surface area contributed by atoms with Crippen LogP contribution in [0.25, 0.3) is 10.9 Å². The first kappa shape index (κ1) is 23.7. The molecule has 1 N–H and O–H groups in total. The summed E-state index contributed by atoms with van der Waals surface area (Å²) in [6.07, 6.45) is 4.94. The number of nitrogens with zero attached hydrogens (tertiary/aromatic N) is 1. The van der Waals surface area contributed by atoms with Gasteiger partial charge in [-0.2, -0.15) is 12.6 Å². The van der Waals surface area contributed by atoms with E-state index in [-0.39, 0.29) is 22.5 Å². The molecule has 1 aromatic carbocycles. The molecule has 0 spiro atoms. The lowest BCUT2D eigenvalue weighted by Crippen LogP contribution is -2.31. The highest BCUT2D eigenvalue weighted by Crippen LogP contribution is 2.39. The van der Waals surface area contributed by atoms with E-state index in [1.54, 1.807) is 0 Å². The summed E-state index contributed by atoms with van der Waals surface area (Å²) in [5, 5.41) is 5.57. The van der Waals surface area contributed by atoms with Gasteiger partial charge in [-0.15, -0.1) is 0 Å². The van der Waals surface area contributed by atoms with E-state index in [9.17, 15) is 4.79 Å². The largest absolute Gasteiger partial charge is 0.355 e. The Morgan fingerprint density at radius 3 is 2.29 bits per heavy atom. The number of carbonyl (C=O) groups is 1. The van der Waals surface area contributed by atoms with Crippen LogP contribution in [-0.4, -0.2) is 22.8 Å². The van der Waals surface area contributed by atoms with Crippen LogP contribution < -0.4 is 5.32 Å². The van der Waals surface area contributed by atoms with Crippen molar-refractivity contribution in [2.75, 3.05) is 12.3 Å². The van der Waals surface area contributed by atoms with E-state index in [1.807, 2.05) is 18.3 Å². The molecule has 7 heteroatoms. The van der Waals surface area contributed by atoms with Gasteiger partial charge in [0.25, 0.3) is 0 Å². The van der Waals surface area contributed by atoms with Crippen LogP contribution in [0.15, 0.2) is 18.3 Å². The summed E-state index contributed by atoms with van der Waals surface area (Å²) in [5.74, 6) is 0.211. The quantitative estimate of drug-likeness (QED) is 0.391. The van der Waals surface area contributed by atoms with Crippen LogP contribution in [0.2, 0.25) is 15.1 Å². The zero-order chi connectivity index (χ0) is 21.1. The molecule has 0 fully saturated rings. The monoisotopic (exact) mass is 462 g/mol. The maximum Gasteiger partial charge on any atom is 0.229 e. The topological polar surface area (TPSA) is 34.0 Å². The lowest BCUT2D eigenvalue weighted by molar-refractivity contribution is -0.118. The Labute approximate surface area is 188 Å². The normalized spacial score (nSPS) is 12.6. The average molecular weight is 464 g/mol. The second kappa shape index (κ2) is 9.51. The predicted molar refractivity (Wildman–Crippen MR) is 125 cm³/mol. The zero-order valence-corrected chi connectivity index (χ0v) is 20.1. The second-order valence-electron chi connectivity index (χ2n) is 8.97. The SMILES string of the molecule is CC(C)(CCNC(=O)CS)CC(C)(C)CCn1cc(Cl)c2cc(Cl)c(Cl)cc21. The summed E-state index contributed by atoms with van der Waals surface area (Å²) in [7, 11) is 0. The summed E-state index contributed by atoms with van der Waals surface area (Å²) < 4.78 is 2.15. The lowest BCUT2D eigenvalue weighted by Gasteiger charge is -2.35. The molecule has 2 rings (SSSR count). The van der Waals surface area contributed by atoms with Gasteiger partial charge in [0, 0.05) is 24.7 Å². The number of aromatic nitrogens is 1. The smallest absolute Gasteiger partial charge is 0.229 e. The van der Waals surface area contributed by atoms with Crippen LogP contribution in [0.4, 0.5) is 0 Å². The first-order valence-electron chi connectivity index (χ1n) is 9.45. The van der Waals surface area contributed by atoms with Crippen LogP contribution in [-0.2, 0) is 11.3 Å². The zero-order valence-electron chi connectivity index (χ0n) is 16.9. The molecule has 0 aliphatic rings. The number of amides is 1. The van der Waals surface area contributed by atoms with Crippen LogP contribution in [0.3, 0.4) is 0 Å². The summed E-state index contributed by atoms with van der Waals surface area (Å²) in [5.41, 5.74) is 1.26. The number of hydrogen-bond donors (Lipinski definition) is 2. The number of benzene rings is 1. The van der Waals surface area contributed by atoms with Crippen molar-refractivity contribution >= 4 is 64.2 Å². The highest BCUT2D eigenvalue weighted by atomic mass is 35.5. The van der Waals surface area contributed by atoms with E-state index in [0.717, 1.165) is 36.7 Å². The van der Waals surface area contributed by atoms with E-state index in [0.29, 0.717) is 21.6 Å². The summed E-state index contributed by atoms with van der Waals surface area (Å²) in [4.78, 5) is 11.4. The molecule has 2 aromatic rings. The van der Waals surface area contributed by atoms with Gasteiger partial charge in [-0.1, -0.05) is 62.5 Å². The number of halogens is 3. The molecule has 28 heavy (non-hydrogen) atoms. The fourth-order valence-electron chi connectivity index (χ4n) is 3.92. The Balaban J connectivity index is 2.02. The summed E-state index contributed by atoms with van der Waals surface area (Å²) in [6.45, 7) is 10.6. The molecule has 156 valence electrons. The van der Waals surface area contributed by atoms with E-state index in [4.69, 9.17) is 34.8 Å². The molecule has 0 saturated carbocycles. The molecule has 0 aliphatic heterocycles. The summed E-state index contributed by atoms with van der Waals surface area (Å²) >= 11 is 22.7. The predicted octanol–water partition coefficient (Wildman–Crippen LogP) is 6.87. The maximum atomic E-state index is 11.4. The Morgan fingerprint density at radius 1 is 1.04 bits per heavy atom. The van der Waals surface area contributed by atoms with Gasteiger partial charge < -0.3 is 9.88 Å². The fraction of sp³-hybridized carbons (Fsp3) is 0.571. The highest BCUT2D eigenvalue weighted by Gasteiger charge is 2.28. The molecule has 0 bridgehead atoms. The van der Waals surface area contributed by atoms with Crippen LogP contribution in [0, 0.1) is 10.8 Å². The average Bonchev–Trinajstić information content (AvgIpc) is 2.88. The minimum absolute atomic E-state index is 0.0199. The maximum absolute atomic E-state index is 11.4. The second-order valence-corrected chi connectivity index (χ2v) is 10.5. The van der Waals surface area contributed by atoms with Crippen molar-refractivity contribution in [1.29, 1.82) is 0 Å². The standard InChI is InChI=1S/C21H29Cl3N2OS/c1-20(2,5-7-25-19(27)12-28)13-21(3,4)6-8-26-11-17(24)14-9-15(22)16(23)10-18(14)26/h9-11,28H,5-8,12-13H2,1-4H3,(H,25,27). The Bertz CT molecular complexity index is 846. The molecular formula is C21H29Cl3N2OS. The third-order valence-electron chi connectivity index (χ3n) is 5.13. The number of thiol groups is 1. The Morgan fingerprint density at radius 2 is 1.64 bits per heavy atom. The molecule has 0 atom stereocenters. The van der Waals surface area contributed by atoms with Crippen molar-refractivity contribution in [2.24, 2.45) is 10.8 Å². The van der Waals surface area contributed by atoms with Gasteiger partial charge in [0.15, 0.2) is 0 Å². The third kappa shape index (κ3) is 6.48. The Kier molecular flexibility index (Phi) is 8.06. The van der Waals surface area contributed by atoms with Gasteiger partial charge in [-0.05, 0) is 42.2 Å². The van der Waals surface area contributed by atoms with Crippen molar-refractivity contribution in [3.8, 4) is 0 Å². The van der Waals surface area contributed by atoms with E-state index in [1.165, 1.54) is 0 Å². The summed E-state index contributed by atoms with van der Waals surface area (Å²) in [6, 6.07) is 3.71. The van der Waals surface area contributed by atoms with Gasteiger partial charge in [-0.3, -0.25) is 4.79 Å². The number of hydrogen-bond acceptors (Lipinski definition) is 2. The van der Waals surface area contributed by atoms with Gasteiger partial charge in [0.05, 0.1) is 26.3 Å². The highest BCUT2D eigenvalue weighted by molar-refractivity contribution is 7.81. The van der Waals surface area contributed by atoms with Crippen molar-refractivity contribution in [1.82, 2.24) is 9.88 Å². The van der Waals surface area contributed by atoms with E-state index < -0.39 is 0 Å². The first-order chi connectivity index (χ1) is 12.9. The molecule has 3 nitrogen and oxygen atoms in total. The van der Waals surface area contributed by atoms with Gasteiger partial charge >= 0.3 is 0 Å². The van der Waals surface area contributed by atoms with Gasteiger partial charge in [0.1, 0.15) is 0 Å². The van der Waals surface area contributed by atoms with E-state index in [2.05, 4.69) is 50.2 Å². The molecule has 0 saturated heterocycles. The minimum Gasteiger partial charge on any atom is -0.355 e. The van der Waals surface area contributed by atoms with Crippen LogP contribution in [0.5, 0.6) is 0 Å². The molecule has 1 heterocycles. The first-order valence-corrected chi connectivity index (χ1v) is 11.2. The molecule has 0 radical (unpaired) electrons. The molecule has 1 amide bonds. The minimum atomic E-state index is -0.0199. The number of rotatable bonds is 9. The fourth-order valence-corrected chi connectivity index (χ4v) is 4.62. The van der Waals surface area contributed by atoms with Gasteiger partial charge in [0.2, 0.25) is 5.91 Å². The van der Waals surface area contributed by atoms with Crippen molar-refractivity contribution in [2.45, 2.75) is 53.5 Å².